The zero-order chi connectivity index (χ0) is 13.3. The first-order chi connectivity index (χ1) is 8.54. The molecule has 4 nitrogen and oxygen atoms in total. The number of ketones is 1. The molecule has 0 saturated heterocycles. The van der Waals surface area contributed by atoms with E-state index in [2.05, 4.69) is 25.7 Å². The highest BCUT2D eigenvalue weighted by Crippen LogP contribution is 2.26. The number of aromatic nitrogens is 1. The Morgan fingerprint density at radius 1 is 1.44 bits per heavy atom. The summed E-state index contributed by atoms with van der Waals surface area (Å²) in [6, 6.07) is 2.85. The first-order valence-electron chi connectivity index (χ1n) is 5.22. The number of H-pyrrole nitrogens is 1. The van der Waals surface area contributed by atoms with Crippen molar-refractivity contribution in [2.75, 3.05) is 6.61 Å². The van der Waals surface area contributed by atoms with Gasteiger partial charge in [-0.3, -0.25) is 4.79 Å². The van der Waals surface area contributed by atoms with Gasteiger partial charge in [0.2, 0.25) is 0 Å². The van der Waals surface area contributed by atoms with Crippen LogP contribution in [0.1, 0.15) is 17.3 Å². The molecule has 0 amide bonds. The maximum atomic E-state index is 13.6. The topological polar surface area (TPSA) is 59.2 Å². The normalized spacial score (nSPS) is 10.6. The Hall–Kier alpha value is -1.69. The monoisotopic (exact) mass is 313 g/mol. The highest BCUT2D eigenvalue weighted by molar-refractivity contribution is 9.10. The van der Waals surface area contributed by atoms with Crippen LogP contribution >= 0.6 is 15.9 Å². The summed E-state index contributed by atoms with van der Waals surface area (Å²) in [6.45, 7) is 1.72. The second-order valence-corrected chi connectivity index (χ2v) is 4.48. The van der Waals surface area contributed by atoms with E-state index in [0.29, 0.717) is 9.86 Å². The van der Waals surface area contributed by atoms with E-state index in [0.717, 1.165) is 0 Å². The second kappa shape index (κ2) is 4.89. The predicted molar refractivity (Wildman–Crippen MR) is 66.9 cm³/mol. The molecule has 0 fully saturated rings. The van der Waals surface area contributed by atoms with E-state index in [1.807, 2.05) is 0 Å². The van der Waals surface area contributed by atoms with Gasteiger partial charge in [0.1, 0.15) is 5.82 Å². The van der Waals surface area contributed by atoms with Crippen LogP contribution < -0.4 is 0 Å². The highest BCUT2D eigenvalue weighted by Gasteiger charge is 2.22. The number of halogens is 2. The molecule has 0 aliphatic rings. The zero-order valence-electron chi connectivity index (χ0n) is 9.42. The maximum absolute atomic E-state index is 13.6. The molecular weight excluding hydrogens is 305 g/mol. The van der Waals surface area contributed by atoms with Crippen LogP contribution in [0, 0.1) is 5.82 Å². The Bertz CT molecular complexity index is 636. The number of rotatable bonds is 3. The summed E-state index contributed by atoms with van der Waals surface area (Å²) in [6.07, 6.45) is 1.30. The van der Waals surface area contributed by atoms with E-state index in [1.165, 1.54) is 12.3 Å². The fourth-order valence-electron chi connectivity index (χ4n) is 1.65. The predicted octanol–water partition coefficient (Wildman–Crippen LogP) is 2.82. The van der Waals surface area contributed by atoms with Crippen LogP contribution in [-0.2, 0) is 9.53 Å². The lowest BCUT2D eigenvalue weighted by Crippen LogP contribution is -2.17. The Balaban J connectivity index is 2.52. The van der Waals surface area contributed by atoms with Gasteiger partial charge in [-0.2, -0.15) is 0 Å². The van der Waals surface area contributed by atoms with Gasteiger partial charge in [-0.25, -0.2) is 9.18 Å². The van der Waals surface area contributed by atoms with Crippen LogP contribution in [0.4, 0.5) is 4.39 Å². The number of hydrogen-bond donors (Lipinski definition) is 1. The number of aromatic amines is 1. The Morgan fingerprint density at radius 2 is 2.17 bits per heavy atom. The number of fused-ring (bicyclic) bond motifs is 1. The van der Waals surface area contributed by atoms with Crippen molar-refractivity contribution in [3.63, 3.8) is 0 Å². The molecule has 0 atom stereocenters. The third kappa shape index (κ3) is 2.15. The number of benzene rings is 1. The minimum atomic E-state index is -0.946. The summed E-state index contributed by atoms with van der Waals surface area (Å²) in [7, 11) is 0. The van der Waals surface area contributed by atoms with Crippen molar-refractivity contribution in [3.05, 3.63) is 34.2 Å². The lowest BCUT2D eigenvalue weighted by Gasteiger charge is -2.00. The standard InChI is InChI=1S/C12H9BrFNO3/c1-2-18-12(17)11(16)8-5-15-10-7(8)3-6(13)4-9(10)14/h3-5,15H,2H2,1H3. The molecule has 6 heteroatoms. The number of hydrogen-bond acceptors (Lipinski definition) is 3. The molecule has 1 aromatic heterocycles. The summed E-state index contributed by atoms with van der Waals surface area (Å²) in [5, 5.41) is 0.347. The van der Waals surface area contributed by atoms with Gasteiger partial charge in [0.25, 0.3) is 5.78 Å². The molecule has 2 rings (SSSR count). The lowest BCUT2D eigenvalue weighted by atomic mass is 10.1. The van der Waals surface area contributed by atoms with Crippen molar-refractivity contribution in [2.45, 2.75) is 6.92 Å². The molecule has 94 valence electrons. The average Bonchev–Trinajstić information content (AvgIpc) is 2.72. The first kappa shape index (κ1) is 12.8. The van der Waals surface area contributed by atoms with Crippen LogP contribution in [0.5, 0.6) is 0 Å². The lowest BCUT2D eigenvalue weighted by molar-refractivity contribution is -0.137. The Kier molecular flexibility index (Phi) is 3.47. The highest BCUT2D eigenvalue weighted by atomic mass is 79.9. The SMILES string of the molecule is CCOC(=O)C(=O)c1c[nH]c2c(F)cc(Br)cc12. The average molecular weight is 314 g/mol. The zero-order valence-corrected chi connectivity index (χ0v) is 11.0. The molecule has 1 aromatic carbocycles. The fourth-order valence-corrected chi connectivity index (χ4v) is 2.08. The van der Waals surface area contributed by atoms with Gasteiger partial charge in [-0.1, -0.05) is 15.9 Å². The van der Waals surface area contributed by atoms with Gasteiger partial charge < -0.3 is 9.72 Å². The third-order valence-electron chi connectivity index (χ3n) is 2.41. The van der Waals surface area contributed by atoms with E-state index >= 15 is 0 Å². The van der Waals surface area contributed by atoms with E-state index in [9.17, 15) is 14.0 Å². The van der Waals surface area contributed by atoms with E-state index < -0.39 is 17.6 Å². The molecule has 0 spiro atoms. The van der Waals surface area contributed by atoms with Gasteiger partial charge in [-0.15, -0.1) is 0 Å². The van der Waals surface area contributed by atoms with E-state index in [4.69, 9.17) is 0 Å². The van der Waals surface area contributed by atoms with Crippen molar-refractivity contribution < 1.29 is 18.7 Å². The summed E-state index contributed by atoms with van der Waals surface area (Å²) < 4.78 is 18.7. The number of carbonyl (C=O) groups is 2. The molecule has 0 aliphatic carbocycles. The van der Waals surface area contributed by atoms with Crippen molar-refractivity contribution >= 4 is 38.6 Å². The smallest absolute Gasteiger partial charge is 0.379 e. The fraction of sp³-hybridized carbons (Fsp3) is 0.167. The number of esters is 1. The maximum Gasteiger partial charge on any atom is 0.379 e. The number of carbonyl (C=O) groups excluding carboxylic acids is 2. The van der Waals surface area contributed by atoms with E-state index in [1.54, 1.807) is 13.0 Å². The first-order valence-corrected chi connectivity index (χ1v) is 6.01. The molecule has 1 N–H and O–H groups in total. The van der Waals surface area contributed by atoms with Gasteiger partial charge in [0.15, 0.2) is 0 Å². The number of ether oxygens (including phenoxy) is 1. The molecule has 2 aromatic rings. The summed E-state index contributed by atoms with van der Waals surface area (Å²) in [5.41, 5.74) is 0.287. The van der Waals surface area contributed by atoms with Gasteiger partial charge in [0, 0.05) is 16.1 Å². The van der Waals surface area contributed by atoms with Crippen molar-refractivity contribution in [3.8, 4) is 0 Å². The van der Waals surface area contributed by atoms with Crippen LogP contribution in [0.3, 0.4) is 0 Å². The van der Waals surface area contributed by atoms with Crippen molar-refractivity contribution in [1.29, 1.82) is 0 Å². The van der Waals surface area contributed by atoms with Crippen molar-refractivity contribution in [1.82, 2.24) is 4.98 Å². The quantitative estimate of drug-likeness (QED) is 0.538. The number of nitrogens with one attached hydrogen (secondary N) is 1. The van der Waals surface area contributed by atoms with Crippen LogP contribution in [0.25, 0.3) is 10.9 Å². The second-order valence-electron chi connectivity index (χ2n) is 3.56. The van der Waals surface area contributed by atoms with Crippen LogP contribution in [0.2, 0.25) is 0 Å². The molecule has 0 bridgehead atoms. The minimum Gasteiger partial charge on any atom is -0.460 e. The summed E-state index contributed by atoms with van der Waals surface area (Å²) in [4.78, 5) is 25.8. The largest absolute Gasteiger partial charge is 0.460 e. The molecule has 0 radical (unpaired) electrons. The van der Waals surface area contributed by atoms with E-state index in [-0.39, 0.29) is 17.7 Å². The molecule has 0 aliphatic heterocycles. The molecular formula is C12H9BrFNO3. The minimum absolute atomic E-state index is 0.101. The van der Waals surface area contributed by atoms with Crippen molar-refractivity contribution in [2.24, 2.45) is 0 Å². The molecule has 18 heavy (non-hydrogen) atoms. The van der Waals surface area contributed by atoms with Gasteiger partial charge in [-0.05, 0) is 19.1 Å². The number of Topliss-reactive ketones (excluding diaryl/α,β-unsaturated/α-hetero) is 1. The Labute approximate surface area is 110 Å². The van der Waals surface area contributed by atoms with Crippen LogP contribution in [0.15, 0.2) is 22.8 Å². The van der Waals surface area contributed by atoms with Gasteiger partial charge in [0.05, 0.1) is 17.7 Å². The summed E-state index contributed by atoms with van der Waals surface area (Å²) in [5.74, 6) is -2.23. The third-order valence-corrected chi connectivity index (χ3v) is 2.87. The Morgan fingerprint density at radius 3 is 2.83 bits per heavy atom. The van der Waals surface area contributed by atoms with Crippen LogP contribution in [-0.4, -0.2) is 23.3 Å². The molecule has 1 heterocycles. The summed E-state index contributed by atoms with van der Waals surface area (Å²) >= 11 is 3.14. The van der Waals surface area contributed by atoms with Gasteiger partial charge >= 0.3 is 5.97 Å². The molecule has 0 unspecified atom stereocenters. The molecule has 0 saturated carbocycles.